The van der Waals surface area contributed by atoms with Crippen LogP contribution in [0, 0.1) is 0 Å². The summed E-state index contributed by atoms with van der Waals surface area (Å²) in [6, 6.07) is 21.4. The summed E-state index contributed by atoms with van der Waals surface area (Å²) < 4.78 is 5.21. The van der Waals surface area contributed by atoms with Gasteiger partial charge in [0.1, 0.15) is 5.75 Å². The van der Waals surface area contributed by atoms with Crippen LogP contribution in [-0.4, -0.2) is 36.8 Å². The van der Waals surface area contributed by atoms with Gasteiger partial charge in [0.05, 0.1) is 7.11 Å². The van der Waals surface area contributed by atoms with Crippen LogP contribution >= 0.6 is 0 Å². The smallest absolute Gasteiger partial charge is 0.271 e. The minimum Gasteiger partial charge on any atom is -0.497 e. The maximum absolute atomic E-state index is 12.3. The van der Waals surface area contributed by atoms with E-state index in [1.807, 2.05) is 60.5 Å². The Labute approximate surface area is 165 Å². The van der Waals surface area contributed by atoms with Crippen molar-refractivity contribution in [3.63, 3.8) is 0 Å². The van der Waals surface area contributed by atoms with Gasteiger partial charge in [-0.15, -0.1) is 10.2 Å². The summed E-state index contributed by atoms with van der Waals surface area (Å²) in [4.78, 5) is 14.3. The molecule has 0 saturated heterocycles. The predicted octanol–water partition coefficient (Wildman–Crippen LogP) is 3.09. The van der Waals surface area contributed by atoms with Crippen LogP contribution in [0.15, 0.2) is 66.7 Å². The molecule has 0 bridgehead atoms. The number of hydrogen-bond donors (Lipinski definition) is 1. The lowest BCUT2D eigenvalue weighted by Crippen LogP contribution is -2.27. The molecular weight excluding hydrogens is 352 g/mol. The van der Waals surface area contributed by atoms with Crippen molar-refractivity contribution in [3.05, 3.63) is 83.6 Å². The van der Waals surface area contributed by atoms with Gasteiger partial charge in [0.2, 0.25) is 0 Å². The summed E-state index contributed by atoms with van der Waals surface area (Å²) in [6.45, 7) is 1.24. The van der Waals surface area contributed by atoms with Gasteiger partial charge in [-0.1, -0.05) is 42.5 Å². The highest BCUT2D eigenvalue weighted by Crippen LogP contribution is 2.13. The van der Waals surface area contributed by atoms with Crippen molar-refractivity contribution in [3.8, 4) is 5.75 Å². The second-order valence-electron chi connectivity index (χ2n) is 6.48. The van der Waals surface area contributed by atoms with E-state index in [9.17, 15) is 4.79 Å². The molecular formula is C22H24N4O2. The molecule has 1 heterocycles. The summed E-state index contributed by atoms with van der Waals surface area (Å²) in [5.41, 5.74) is 2.59. The summed E-state index contributed by atoms with van der Waals surface area (Å²) in [5.74, 6) is 1.30. The first kappa shape index (κ1) is 19.4. The number of nitrogens with one attached hydrogen (secondary N) is 1. The molecule has 0 spiro atoms. The molecule has 1 amide bonds. The number of nitrogens with zero attached hydrogens (tertiary/aromatic N) is 3. The molecule has 28 heavy (non-hydrogen) atoms. The van der Waals surface area contributed by atoms with Gasteiger partial charge in [-0.3, -0.25) is 4.79 Å². The lowest BCUT2D eigenvalue weighted by molar-refractivity contribution is 0.0948. The predicted molar refractivity (Wildman–Crippen MR) is 110 cm³/mol. The molecule has 3 rings (SSSR count). The highest BCUT2D eigenvalue weighted by atomic mass is 16.5. The normalized spacial score (nSPS) is 10.4. The van der Waals surface area contributed by atoms with E-state index in [1.54, 1.807) is 13.2 Å². The van der Waals surface area contributed by atoms with Crippen LogP contribution in [0.5, 0.6) is 5.75 Å². The van der Waals surface area contributed by atoms with E-state index in [1.165, 1.54) is 5.56 Å². The van der Waals surface area contributed by atoms with Gasteiger partial charge >= 0.3 is 0 Å². The van der Waals surface area contributed by atoms with Crippen molar-refractivity contribution >= 4 is 11.7 Å². The average molecular weight is 376 g/mol. The third-order valence-corrected chi connectivity index (χ3v) is 4.37. The van der Waals surface area contributed by atoms with Crippen molar-refractivity contribution < 1.29 is 9.53 Å². The largest absolute Gasteiger partial charge is 0.497 e. The molecule has 144 valence electrons. The summed E-state index contributed by atoms with van der Waals surface area (Å²) in [6.07, 6.45) is 0.717. The maximum Gasteiger partial charge on any atom is 0.271 e. The van der Waals surface area contributed by atoms with Crippen molar-refractivity contribution in [1.29, 1.82) is 0 Å². The molecule has 0 radical (unpaired) electrons. The van der Waals surface area contributed by atoms with Gasteiger partial charge in [0, 0.05) is 20.1 Å². The Morgan fingerprint density at radius 1 is 1.00 bits per heavy atom. The number of rotatable bonds is 8. The van der Waals surface area contributed by atoms with E-state index in [-0.39, 0.29) is 5.91 Å². The number of hydrogen-bond acceptors (Lipinski definition) is 5. The number of ether oxygens (including phenoxy) is 1. The third-order valence-electron chi connectivity index (χ3n) is 4.37. The number of methoxy groups -OCH3 is 1. The Bertz CT molecular complexity index is 898. The van der Waals surface area contributed by atoms with Crippen molar-refractivity contribution in [2.24, 2.45) is 0 Å². The van der Waals surface area contributed by atoms with Gasteiger partial charge in [-0.05, 0) is 41.8 Å². The van der Waals surface area contributed by atoms with Crippen LogP contribution in [0.4, 0.5) is 5.82 Å². The minimum atomic E-state index is -0.229. The highest BCUT2D eigenvalue weighted by Gasteiger charge is 2.10. The van der Waals surface area contributed by atoms with Gasteiger partial charge in [0.25, 0.3) is 5.91 Å². The fraction of sp³-hybridized carbons (Fsp3) is 0.227. The molecule has 6 heteroatoms. The zero-order valence-corrected chi connectivity index (χ0v) is 16.1. The fourth-order valence-corrected chi connectivity index (χ4v) is 2.83. The number of aromatic nitrogens is 2. The van der Waals surface area contributed by atoms with Crippen molar-refractivity contribution in [2.75, 3.05) is 25.6 Å². The van der Waals surface area contributed by atoms with E-state index in [0.29, 0.717) is 18.7 Å². The first-order valence-corrected chi connectivity index (χ1v) is 9.15. The summed E-state index contributed by atoms with van der Waals surface area (Å²) in [5, 5.41) is 11.1. The molecule has 0 atom stereocenters. The molecule has 2 aromatic carbocycles. The van der Waals surface area contributed by atoms with Gasteiger partial charge in [-0.2, -0.15) is 0 Å². The monoisotopic (exact) mass is 376 g/mol. The van der Waals surface area contributed by atoms with Crippen LogP contribution in [-0.2, 0) is 13.0 Å². The van der Waals surface area contributed by atoms with Crippen LogP contribution in [0.3, 0.4) is 0 Å². The topological polar surface area (TPSA) is 67.3 Å². The number of benzene rings is 2. The van der Waals surface area contributed by atoms with E-state index in [4.69, 9.17) is 4.74 Å². The standard InChI is InChI=1S/C22H24N4O2/c1-26(16-18-7-4-3-5-8-18)21-12-11-20(24-25-21)22(27)23-14-13-17-9-6-10-19(15-17)28-2/h3-12,15H,13-14,16H2,1-2H3,(H,23,27). The SMILES string of the molecule is COc1cccc(CCNC(=O)c2ccc(N(C)Cc3ccccc3)nn2)c1. The molecule has 0 aliphatic heterocycles. The lowest BCUT2D eigenvalue weighted by Gasteiger charge is -2.17. The van der Waals surface area contributed by atoms with E-state index in [0.717, 1.165) is 23.7 Å². The van der Waals surface area contributed by atoms with Crippen molar-refractivity contribution in [1.82, 2.24) is 15.5 Å². The molecule has 3 aromatic rings. The van der Waals surface area contributed by atoms with Crippen LogP contribution < -0.4 is 15.0 Å². The Balaban J connectivity index is 1.51. The highest BCUT2D eigenvalue weighted by molar-refractivity contribution is 5.92. The third kappa shape index (κ3) is 5.30. The number of carbonyl (C=O) groups excluding carboxylic acids is 1. The molecule has 0 fully saturated rings. The summed E-state index contributed by atoms with van der Waals surface area (Å²) in [7, 11) is 3.59. The molecule has 1 N–H and O–H groups in total. The molecule has 0 aliphatic rings. The van der Waals surface area contributed by atoms with Gasteiger partial charge < -0.3 is 15.0 Å². The van der Waals surface area contributed by atoms with E-state index in [2.05, 4.69) is 27.6 Å². The van der Waals surface area contributed by atoms with E-state index < -0.39 is 0 Å². The van der Waals surface area contributed by atoms with E-state index >= 15 is 0 Å². The molecule has 0 unspecified atom stereocenters. The van der Waals surface area contributed by atoms with Crippen molar-refractivity contribution in [2.45, 2.75) is 13.0 Å². The van der Waals surface area contributed by atoms with Gasteiger partial charge in [-0.25, -0.2) is 0 Å². The summed E-state index contributed by atoms with van der Waals surface area (Å²) >= 11 is 0. The van der Waals surface area contributed by atoms with Crippen LogP contribution in [0.25, 0.3) is 0 Å². The maximum atomic E-state index is 12.3. The fourth-order valence-electron chi connectivity index (χ4n) is 2.83. The second kappa shape index (κ2) is 9.50. The second-order valence-corrected chi connectivity index (χ2v) is 6.48. The number of carbonyl (C=O) groups is 1. The number of anilines is 1. The van der Waals surface area contributed by atoms with Crippen LogP contribution in [0.2, 0.25) is 0 Å². The first-order chi connectivity index (χ1) is 13.7. The molecule has 6 nitrogen and oxygen atoms in total. The quantitative estimate of drug-likeness (QED) is 0.654. The Kier molecular flexibility index (Phi) is 6.57. The average Bonchev–Trinajstić information content (AvgIpc) is 2.74. The molecule has 1 aromatic heterocycles. The molecule has 0 aliphatic carbocycles. The van der Waals surface area contributed by atoms with Crippen LogP contribution in [0.1, 0.15) is 21.6 Å². The zero-order chi connectivity index (χ0) is 19.8. The minimum absolute atomic E-state index is 0.229. The Morgan fingerprint density at radius 2 is 1.79 bits per heavy atom. The zero-order valence-electron chi connectivity index (χ0n) is 16.1. The molecule has 0 saturated carbocycles. The first-order valence-electron chi connectivity index (χ1n) is 9.15. The lowest BCUT2D eigenvalue weighted by atomic mass is 10.1. The number of amides is 1. The Morgan fingerprint density at radius 3 is 2.50 bits per heavy atom. The Hall–Kier alpha value is -3.41. The van der Waals surface area contributed by atoms with Gasteiger partial charge in [0.15, 0.2) is 11.5 Å².